The van der Waals surface area contributed by atoms with E-state index in [9.17, 15) is 10.2 Å². The zero-order valence-electron chi connectivity index (χ0n) is 8.32. The van der Waals surface area contributed by atoms with Gasteiger partial charge in [0.1, 0.15) is 11.5 Å². The number of hydrogen-bond donors (Lipinski definition) is 2. The van der Waals surface area contributed by atoms with E-state index in [1.807, 2.05) is 0 Å². The molecule has 0 aromatic heterocycles. The van der Waals surface area contributed by atoms with E-state index >= 15 is 0 Å². The molecule has 84 valence electrons. The summed E-state index contributed by atoms with van der Waals surface area (Å²) < 4.78 is -1.26. The zero-order valence-corrected chi connectivity index (χ0v) is 9.83. The SMILES string of the molecule is OC1=CC=C(c2ccc(O)cc2)CC1(Cl)Cl. The van der Waals surface area contributed by atoms with Gasteiger partial charge in [-0.15, -0.1) is 0 Å². The molecular formula is C12H10Cl2O2. The van der Waals surface area contributed by atoms with Gasteiger partial charge in [0.15, 0.2) is 4.33 Å². The fourth-order valence-electron chi connectivity index (χ4n) is 1.56. The first-order chi connectivity index (χ1) is 7.49. The molecule has 0 atom stereocenters. The molecule has 1 aliphatic carbocycles. The molecule has 4 heteroatoms. The highest BCUT2D eigenvalue weighted by atomic mass is 35.5. The van der Waals surface area contributed by atoms with Gasteiger partial charge >= 0.3 is 0 Å². The molecule has 1 aliphatic rings. The van der Waals surface area contributed by atoms with Gasteiger partial charge in [0.05, 0.1) is 0 Å². The van der Waals surface area contributed by atoms with E-state index in [1.165, 1.54) is 6.08 Å². The van der Waals surface area contributed by atoms with E-state index in [2.05, 4.69) is 0 Å². The monoisotopic (exact) mass is 256 g/mol. The first-order valence-electron chi connectivity index (χ1n) is 4.76. The molecule has 0 unspecified atom stereocenters. The van der Waals surface area contributed by atoms with Gasteiger partial charge in [-0.25, -0.2) is 0 Å². The summed E-state index contributed by atoms with van der Waals surface area (Å²) in [5.74, 6) is 0.167. The van der Waals surface area contributed by atoms with Crippen LogP contribution in [-0.2, 0) is 0 Å². The number of aliphatic hydroxyl groups is 1. The molecular weight excluding hydrogens is 247 g/mol. The van der Waals surface area contributed by atoms with E-state index in [0.29, 0.717) is 6.42 Å². The Morgan fingerprint density at radius 1 is 1.00 bits per heavy atom. The third-order valence-electron chi connectivity index (χ3n) is 2.47. The molecule has 0 heterocycles. The number of alkyl halides is 2. The molecule has 2 nitrogen and oxygen atoms in total. The van der Waals surface area contributed by atoms with Gasteiger partial charge in [-0.2, -0.15) is 0 Å². The highest BCUT2D eigenvalue weighted by Crippen LogP contribution is 2.41. The fraction of sp³-hybridized carbons (Fsp3) is 0.167. The maximum absolute atomic E-state index is 9.46. The van der Waals surface area contributed by atoms with Gasteiger partial charge in [0, 0.05) is 6.42 Å². The Morgan fingerprint density at radius 3 is 2.19 bits per heavy atom. The molecule has 0 aliphatic heterocycles. The maximum atomic E-state index is 9.46. The third-order valence-corrected chi connectivity index (χ3v) is 3.12. The number of aliphatic hydroxyl groups excluding tert-OH is 1. The van der Waals surface area contributed by atoms with Crippen LogP contribution in [-0.4, -0.2) is 14.5 Å². The van der Waals surface area contributed by atoms with Gasteiger partial charge in [0.2, 0.25) is 0 Å². The summed E-state index contributed by atoms with van der Waals surface area (Å²) in [6.07, 6.45) is 3.60. The van der Waals surface area contributed by atoms with Crippen molar-refractivity contribution in [1.29, 1.82) is 0 Å². The molecule has 0 radical (unpaired) electrons. The second-order valence-corrected chi connectivity index (χ2v) is 5.16. The summed E-state index contributed by atoms with van der Waals surface area (Å²) in [6, 6.07) is 6.75. The van der Waals surface area contributed by atoms with Crippen molar-refractivity contribution in [3.05, 3.63) is 47.7 Å². The number of rotatable bonds is 1. The average molecular weight is 257 g/mol. The van der Waals surface area contributed by atoms with Crippen molar-refractivity contribution in [3.8, 4) is 5.75 Å². The summed E-state index contributed by atoms with van der Waals surface area (Å²) in [5, 5.41) is 18.6. The van der Waals surface area contributed by atoms with Crippen molar-refractivity contribution in [2.75, 3.05) is 0 Å². The lowest BCUT2D eigenvalue weighted by Gasteiger charge is -2.23. The maximum Gasteiger partial charge on any atom is 0.178 e. The van der Waals surface area contributed by atoms with Crippen LogP contribution in [0.25, 0.3) is 5.57 Å². The van der Waals surface area contributed by atoms with Crippen LogP contribution in [0.15, 0.2) is 42.2 Å². The van der Waals surface area contributed by atoms with Crippen LogP contribution in [0.4, 0.5) is 0 Å². The second kappa shape index (κ2) is 4.04. The van der Waals surface area contributed by atoms with Crippen LogP contribution in [0.1, 0.15) is 12.0 Å². The van der Waals surface area contributed by atoms with Crippen molar-refractivity contribution in [1.82, 2.24) is 0 Å². The summed E-state index contributed by atoms with van der Waals surface area (Å²) in [6.45, 7) is 0. The predicted octanol–water partition coefficient (Wildman–Crippen LogP) is 3.80. The normalized spacial score (nSPS) is 18.9. The molecule has 16 heavy (non-hydrogen) atoms. The average Bonchev–Trinajstić information content (AvgIpc) is 2.23. The van der Waals surface area contributed by atoms with Gasteiger partial charge in [-0.1, -0.05) is 41.4 Å². The lowest BCUT2D eigenvalue weighted by molar-refractivity contribution is 0.379. The summed E-state index contributed by atoms with van der Waals surface area (Å²) in [7, 11) is 0. The van der Waals surface area contributed by atoms with E-state index in [1.54, 1.807) is 30.3 Å². The number of phenols is 1. The van der Waals surface area contributed by atoms with Crippen LogP contribution in [0.5, 0.6) is 5.75 Å². The van der Waals surface area contributed by atoms with Gasteiger partial charge < -0.3 is 10.2 Å². The van der Waals surface area contributed by atoms with E-state index in [4.69, 9.17) is 23.2 Å². The number of phenolic OH excluding ortho intramolecular Hbond substituents is 1. The van der Waals surface area contributed by atoms with E-state index < -0.39 is 4.33 Å². The number of aromatic hydroxyl groups is 1. The minimum Gasteiger partial charge on any atom is -0.509 e. The summed E-state index contributed by atoms with van der Waals surface area (Å²) >= 11 is 11.9. The molecule has 0 fully saturated rings. The van der Waals surface area contributed by atoms with Gasteiger partial charge in [-0.3, -0.25) is 0 Å². The largest absolute Gasteiger partial charge is 0.509 e. The number of halogens is 2. The molecule has 1 aromatic carbocycles. The molecule has 0 spiro atoms. The predicted molar refractivity (Wildman–Crippen MR) is 65.8 cm³/mol. The quantitative estimate of drug-likeness (QED) is 0.751. The van der Waals surface area contributed by atoms with Crippen LogP contribution in [0.2, 0.25) is 0 Å². The lowest BCUT2D eigenvalue weighted by Crippen LogP contribution is -2.19. The van der Waals surface area contributed by atoms with Crippen LogP contribution >= 0.6 is 23.2 Å². The van der Waals surface area contributed by atoms with Crippen LogP contribution < -0.4 is 0 Å². The summed E-state index contributed by atoms with van der Waals surface area (Å²) in [4.78, 5) is 0. The van der Waals surface area contributed by atoms with Crippen molar-refractivity contribution in [2.24, 2.45) is 0 Å². The third kappa shape index (κ3) is 2.18. The highest BCUT2D eigenvalue weighted by molar-refractivity contribution is 6.50. The Labute approximate surface area is 103 Å². The second-order valence-electron chi connectivity index (χ2n) is 3.67. The standard InChI is InChI=1S/C12H10Cl2O2/c13-12(14)7-9(3-6-11(12)16)8-1-4-10(15)5-2-8/h1-6,15-16H,7H2. The van der Waals surface area contributed by atoms with Crippen LogP contribution in [0, 0.1) is 0 Å². The fourth-order valence-corrected chi connectivity index (χ4v) is 1.98. The lowest BCUT2D eigenvalue weighted by atomic mass is 9.96. The zero-order chi connectivity index (χ0) is 11.8. The Morgan fingerprint density at radius 2 is 1.62 bits per heavy atom. The molecule has 0 saturated carbocycles. The molecule has 2 N–H and O–H groups in total. The van der Waals surface area contributed by atoms with E-state index in [0.717, 1.165) is 11.1 Å². The molecule has 2 rings (SSSR count). The van der Waals surface area contributed by atoms with Crippen molar-refractivity contribution < 1.29 is 10.2 Å². The van der Waals surface area contributed by atoms with Crippen LogP contribution in [0.3, 0.4) is 0 Å². The van der Waals surface area contributed by atoms with Crippen molar-refractivity contribution >= 4 is 28.8 Å². The number of hydrogen-bond acceptors (Lipinski definition) is 2. The van der Waals surface area contributed by atoms with Crippen molar-refractivity contribution in [2.45, 2.75) is 10.8 Å². The topological polar surface area (TPSA) is 40.5 Å². The van der Waals surface area contributed by atoms with Gasteiger partial charge in [-0.05, 0) is 29.3 Å². The Hall–Kier alpha value is -1.12. The minimum absolute atomic E-state index is 0.0432. The Balaban J connectivity index is 2.34. The highest BCUT2D eigenvalue weighted by Gasteiger charge is 2.32. The number of allylic oxidation sites excluding steroid dienone is 4. The Bertz CT molecular complexity index is 458. The summed E-state index contributed by atoms with van der Waals surface area (Å²) in [5.41, 5.74) is 1.84. The molecule has 0 bridgehead atoms. The minimum atomic E-state index is -1.26. The van der Waals surface area contributed by atoms with Gasteiger partial charge in [0.25, 0.3) is 0 Å². The van der Waals surface area contributed by atoms with E-state index in [-0.39, 0.29) is 11.5 Å². The smallest absolute Gasteiger partial charge is 0.178 e. The first kappa shape index (κ1) is 11.4. The Kier molecular flexibility index (Phi) is 2.87. The molecule has 1 aromatic rings. The molecule has 0 amide bonds. The first-order valence-corrected chi connectivity index (χ1v) is 5.52. The van der Waals surface area contributed by atoms with Crippen molar-refractivity contribution in [3.63, 3.8) is 0 Å². The molecule has 0 saturated heterocycles. The number of benzene rings is 1.